The maximum atomic E-state index is 14.7. The van der Waals surface area contributed by atoms with Crippen LogP contribution in [-0.4, -0.2) is 47.0 Å². The van der Waals surface area contributed by atoms with Crippen LogP contribution >= 0.6 is 0 Å². The summed E-state index contributed by atoms with van der Waals surface area (Å²) in [6.45, 7) is 8.52. The lowest BCUT2D eigenvalue weighted by Gasteiger charge is -2.26. The molecule has 1 aromatic heterocycles. The molecule has 1 saturated carbocycles. The highest BCUT2D eigenvalue weighted by molar-refractivity contribution is 6.05. The van der Waals surface area contributed by atoms with Crippen molar-refractivity contribution in [2.45, 2.75) is 57.4 Å². The van der Waals surface area contributed by atoms with Crippen molar-refractivity contribution < 1.29 is 13.9 Å². The third-order valence-corrected chi connectivity index (χ3v) is 10.5. The second-order valence-corrected chi connectivity index (χ2v) is 14.2. The number of hydrogen-bond acceptors (Lipinski definition) is 7. The van der Waals surface area contributed by atoms with Crippen LogP contribution in [0.15, 0.2) is 67.1 Å². The minimum atomic E-state index is -0.496. The van der Waals surface area contributed by atoms with Crippen LogP contribution in [0.2, 0.25) is 0 Å². The molecule has 238 valence electrons. The number of rotatable bonds is 7. The second-order valence-electron chi connectivity index (χ2n) is 14.2. The lowest BCUT2D eigenvalue weighted by atomic mass is 9.86. The molecule has 4 heterocycles. The number of amides is 1. The highest BCUT2D eigenvalue weighted by Gasteiger charge is 2.44. The van der Waals surface area contributed by atoms with Crippen molar-refractivity contribution in [2.75, 3.05) is 36.4 Å². The average molecular weight is 629 g/mol. The fraction of sp³-hybridized carbons (Fsp3) is 0.368. The van der Waals surface area contributed by atoms with Crippen LogP contribution < -0.4 is 15.0 Å². The summed E-state index contributed by atoms with van der Waals surface area (Å²) in [5.74, 6) is 1.89. The van der Waals surface area contributed by atoms with Crippen LogP contribution in [0, 0.1) is 22.6 Å². The molecule has 1 atom stereocenters. The van der Waals surface area contributed by atoms with Crippen LogP contribution in [-0.2, 0) is 16.8 Å². The minimum absolute atomic E-state index is 0.0526. The number of carbonyl (C=O) groups is 1. The van der Waals surface area contributed by atoms with E-state index >= 15 is 0 Å². The zero-order valence-electron chi connectivity index (χ0n) is 26.7. The largest absolute Gasteiger partial charge is 0.451 e. The van der Waals surface area contributed by atoms with Crippen molar-refractivity contribution in [1.82, 2.24) is 14.9 Å². The maximum Gasteiger partial charge on any atom is 0.234 e. The first-order chi connectivity index (χ1) is 22.7. The summed E-state index contributed by atoms with van der Waals surface area (Å²) in [6, 6.07) is 18.8. The van der Waals surface area contributed by atoms with Gasteiger partial charge in [0.05, 0.1) is 23.2 Å². The first kappa shape index (κ1) is 29.6. The van der Waals surface area contributed by atoms with Crippen molar-refractivity contribution >= 4 is 17.4 Å². The van der Waals surface area contributed by atoms with E-state index in [-0.39, 0.29) is 17.1 Å². The minimum Gasteiger partial charge on any atom is -0.451 e. The number of aromatic nitrogens is 2. The number of benzene rings is 3. The van der Waals surface area contributed by atoms with Gasteiger partial charge in [-0.05, 0) is 111 Å². The first-order valence-corrected chi connectivity index (χ1v) is 16.5. The lowest BCUT2D eigenvalue weighted by Crippen LogP contribution is -2.31. The molecule has 9 heteroatoms. The summed E-state index contributed by atoms with van der Waals surface area (Å²) in [7, 11) is 0. The van der Waals surface area contributed by atoms with Crippen molar-refractivity contribution in [2.24, 2.45) is 5.41 Å². The molecule has 0 radical (unpaired) electrons. The highest BCUT2D eigenvalue weighted by atomic mass is 19.1. The van der Waals surface area contributed by atoms with E-state index in [4.69, 9.17) is 4.74 Å². The average Bonchev–Trinajstić information content (AvgIpc) is 3.66. The van der Waals surface area contributed by atoms with Gasteiger partial charge in [-0.15, -0.1) is 0 Å². The van der Waals surface area contributed by atoms with E-state index in [2.05, 4.69) is 49.4 Å². The predicted octanol–water partition coefficient (Wildman–Crippen LogP) is 7.16. The molecular formula is C38H37FN6O2. The summed E-state index contributed by atoms with van der Waals surface area (Å²) in [6.07, 6.45) is 7.52. The van der Waals surface area contributed by atoms with Crippen molar-refractivity contribution in [3.8, 4) is 28.7 Å². The van der Waals surface area contributed by atoms with Crippen LogP contribution in [0.4, 0.5) is 15.9 Å². The summed E-state index contributed by atoms with van der Waals surface area (Å²) in [4.78, 5) is 26.2. The molecule has 1 amide bonds. The Balaban J connectivity index is 1.00. The molecule has 3 aliphatic heterocycles. The molecule has 3 aromatic carbocycles. The van der Waals surface area contributed by atoms with Crippen LogP contribution in [0.3, 0.4) is 0 Å². The van der Waals surface area contributed by atoms with Crippen molar-refractivity contribution in [3.63, 3.8) is 0 Å². The monoisotopic (exact) mass is 628 g/mol. The predicted molar refractivity (Wildman–Crippen MR) is 178 cm³/mol. The molecule has 4 aromatic rings. The molecule has 8 rings (SSSR count). The quantitative estimate of drug-likeness (QED) is 0.232. The van der Waals surface area contributed by atoms with Gasteiger partial charge in [-0.1, -0.05) is 18.2 Å². The van der Waals surface area contributed by atoms with E-state index in [0.29, 0.717) is 28.5 Å². The lowest BCUT2D eigenvalue weighted by molar-refractivity contribution is -0.119. The number of nitrogens with zero attached hydrogens (tertiary/aromatic N) is 5. The Bertz CT molecular complexity index is 1950. The Morgan fingerprint density at radius 3 is 2.70 bits per heavy atom. The summed E-state index contributed by atoms with van der Waals surface area (Å²) in [5, 5.41) is 12.6. The van der Waals surface area contributed by atoms with Crippen molar-refractivity contribution in [3.05, 3.63) is 95.2 Å². The Kier molecular flexibility index (Phi) is 7.03. The van der Waals surface area contributed by atoms with Gasteiger partial charge in [0, 0.05) is 42.8 Å². The number of ether oxygens (including phenoxy) is 1. The standard InChI is InChI=1S/C38H37FN6O2/c1-37(2)31-9-4-25(16-32(31)43-36(37)46)20-44-13-11-38(21-44)12-14-45(22-38)35-34(19-41-23-42-35)47-33-10-7-27(39)17-30(33)28-8-3-24(18-40)15-29(28)26-5-6-26/h3-4,7-10,15-17,19,23,26H,5-6,11-14,20-22H2,1-2H3,(H,43,46). The normalized spacial score (nSPS) is 21.6. The van der Waals surface area contributed by atoms with Gasteiger partial charge in [-0.2, -0.15) is 5.26 Å². The molecule has 1 spiro atoms. The highest BCUT2D eigenvalue weighted by Crippen LogP contribution is 2.48. The smallest absolute Gasteiger partial charge is 0.234 e. The molecule has 8 nitrogen and oxygen atoms in total. The third kappa shape index (κ3) is 5.40. The zero-order valence-corrected chi connectivity index (χ0v) is 26.7. The topological polar surface area (TPSA) is 94.4 Å². The number of hydrogen-bond donors (Lipinski definition) is 1. The van der Waals surface area contributed by atoms with Gasteiger partial charge in [-0.3, -0.25) is 9.69 Å². The van der Waals surface area contributed by atoms with Crippen molar-refractivity contribution in [1.29, 1.82) is 5.26 Å². The molecule has 1 aliphatic carbocycles. The number of halogens is 1. The fourth-order valence-corrected chi connectivity index (χ4v) is 7.76. The van der Waals surface area contributed by atoms with E-state index in [1.165, 1.54) is 17.7 Å². The second kappa shape index (κ2) is 11.2. The first-order valence-electron chi connectivity index (χ1n) is 16.5. The van der Waals surface area contributed by atoms with Gasteiger partial charge in [0.2, 0.25) is 5.91 Å². The molecule has 2 saturated heterocycles. The fourth-order valence-electron chi connectivity index (χ4n) is 7.76. The summed E-state index contributed by atoms with van der Waals surface area (Å²) in [5.41, 5.74) is 6.07. The van der Waals surface area contributed by atoms with E-state index in [9.17, 15) is 14.4 Å². The third-order valence-electron chi connectivity index (χ3n) is 10.5. The number of fused-ring (bicyclic) bond motifs is 1. The Morgan fingerprint density at radius 1 is 1.02 bits per heavy atom. The van der Waals surface area contributed by atoms with E-state index in [1.807, 2.05) is 26.0 Å². The van der Waals surface area contributed by atoms with Crippen LogP contribution in [0.5, 0.6) is 11.5 Å². The Hall–Kier alpha value is -4.81. The maximum absolute atomic E-state index is 14.7. The van der Waals surface area contributed by atoms with Gasteiger partial charge in [0.15, 0.2) is 11.6 Å². The van der Waals surface area contributed by atoms with Gasteiger partial charge >= 0.3 is 0 Å². The van der Waals surface area contributed by atoms with Gasteiger partial charge in [0.25, 0.3) is 0 Å². The number of likely N-dealkylation sites (tertiary alicyclic amines) is 1. The zero-order chi connectivity index (χ0) is 32.3. The van der Waals surface area contributed by atoms with Gasteiger partial charge in [0.1, 0.15) is 17.9 Å². The van der Waals surface area contributed by atoms with E-state index < -0.39 is 5.41 Å². The SMILES string of the molecule is CC1(C)C(=O)Nc2cc(CN3CCC4(CCN(c5ncncc5Oc5ccc(F)cc5-c5ccc(C#N)cc5C5CC5)C4)C3)ccc21. The number of carbonyl (C=O) groups excluding carboxylic acids is 1. The molecule has 1 unspecified atom stereocenters. The number of nitriles is 1. The van der Waals surface area contributed by atoms with E-state index in [1.54, 1.807) is 24.7 Å². The summed E-state index contributed by atoms with van der Waals surface area (Å²) >= 11 is 0. The molecule has 4 aliphatic rings. The molecule has 0 bridgehead atoms. The number of anilines is 2. The van der Waals surface area contributed by atoms with Crippen LogP contribution in [0.25, 0.3) is 11.1 Å². The Labute approximate surface area is 274 Å². The van der Waals surface area contributed by atoms with Gasteiger partial charge in [-0.25, -0.2) is 14.4 Å². The Morgan fingerprint density at radius 2 is 1.87 bits per heavy atom. The molecule has 47 heavy (non-hydrogen) atoms. The molecule has 3 fully saturated rings. The molecular weight excluding hydrogens is 591 g/mol. The van der Waals surface area contributed by atoms with Crippen LogP contribution in [0.1, 0.15) is 67.7 Å². The summed E-state index contributed by atoms with van der Waals surface area (Å²) < 4.78 is 21.2. The van der Waals surface area contributed by atoms with Gasteiger partial charge < -0.3 is 15.0 Å². The van der Waals surface area contributed by atoms with E-state index in [0.717, 1.165) is 86.6 Å². The molecule has 1 N–H and O–H groups in total. The number of nitrogens with one attached hydrogen (secondary N) is 1.